The highest BCUT2D eigenvalue weighted by molar-refractivity contribution is 9.09. The molecule has 9 heteroatoms. The van der Waals surface area contributed by atoms with Crippen LogP contribution in [0.2, 0.25) is 0 Å². The van der Waals surface area contributed by atoms with Crippen LogP contribution in [0, 0.1) is 0 Å². The average Bonchev–Trinajstić information content (AvgIpc) is 2.35. The molecule has 0 aromatic carbocycles. The van der Waals surface area contributed by atoms with E-state index in [-0.39, 0.29) is 0 Å². The molecular weight excluding hydrogens is 352 g/mol. The van der Waals surface area contributed by atoms with Gasteiger partial charge in [0.25, 0.3) is 0 Å². The van der Waals surface area contributed by atoms with E-state index in [0.29, 0.717) is 0 Å². The van der Waals surface area contributed by atoms with Gasteiger partial charge in [-0.1, -0.05) is 15.9 Å². The predicted octanol–water partition coefficient (Wildman–Crippen LogP) is -0.106. The zero-order chi connectivity index (χ0) is 16.2. The van der Waals surface area contributed by atoms with E-state index in [1.807, 2.05) is 0 Å². The van der Waals surface area contributed by atoms with Crippen molar-refractivity contribution in [2.75, 3.05) is 6.61 Å². The number of aliphatic hydroxyl groups excluding tert-OH is 1. The number of halogens is 1. The Morgan fingerprint density at radius 1 is 0.952 bits per heavy atom. The van der Waals surface area contributed by atoms with E-state index in [1.165, 1.54) is 20.8 Å². The molecular formula is C12H17BrO8. The third kappa shape index (κ3) is 4.94. The largest absolute Gasteiger partial charge is 0.456 e. The van der Waals surface area contributed by atoms with Crippen molar-refractivity contribution in [2.45, 2.75) is 50.2 Å². The summed E-state index contributed by atoms with van der Waals surface area (Å²) in [7, 11) is 0. The Bertz CT molecular complexity index is 412. The van der Waals surface area contributed by atoms with Gasteiger partial charge in [0.1, 0.15) is 6.10 Å². The van der Waals surface area contributed by atoms with E-state index in [0.717, 1.165) is 0 Å². The molecule has 1 aliphatic heterocycles. The minimum Gasteiger partial charge on any atom is -0.456 e. The highest BCUT2D eigenvalue weighted by atomic mass is 79.9. The third-order valence-corrected chi connectivity index (χ3v) is 3.40. The summed E-state index contributed by atoms with van der Waals surface area (Å²) < 4.78 is 20.6. The molecule has 1 saturated heterocycles. The number of carbonyl (C=O) groups is 3. The minimum absolute atomic E-state index is 0.468. The number of ether oxygens (including phenoxy) is 4. The molecule has 0 saturated carbocycles. The van der Waals surface area contributed by atoms with Crippen LogP contribution >= 0.6 is 15.9 Å². The van der Waals surface area contributed by atoms with Crippen molar-refractivity contribution in [1.82, 2.24) is 0 Å². The van der Waals surface area contributed by atoms with E-state index < -0.39 is 53.9 Å². The van der Waals surface area contributed by atoms with Gasteiger partial charge in [0.15, 0.2) is 23.3 Å². The fourth-order valence-corrected chi connectivity index (χ4v) is 2.67. The molecule has 0 unspecified atom stereocenters. The molecule has 1 N–H and O–H groups in total. The maximum atomic E-state index is 11.3. The summed E-state index contributed by atoms with van der Waals surface area (Å²) in [6, 6.07) is 0. The topological polar surface area (TPSA) is 108 Å². The summed E-state index contributed by atoms with van der Waals surface area (Å²) in [5.41, 5.74) is 0. The van der Waals surface area contributed by atoms with Gasteiger partial charge in [0, 0.05) is 20.8 Å². The predicted molar refractivity (Wildman–Crippen MR) is 71.3 cm³/mol. The minimum atomic E-state index is -1.09. The van der Waals surface area contributed by atoms with Crippen LogP contribution in [0.3, 0.4) is 0 Å². The van der Waals surface area contributed by atoms with E-state index in [9.17, 15) is 19.5 Å². The average molecular weight is 369 g/mol. The van der Waals surface area contributed by atoms with Gasteiger partial charge in [-0.15, -0.1) is 0 Å². The van der Waals surface area contributed by atoms with E-state index >= 15 is 0 Å². The van der Waals surface area contributed by atoms with Crippen molar-refractivity contribution in [1.29, 1.82) is 0 Å². The van der Waals surface area contributed by atoms with Crippen LogP contribution in [0.25, 0.3) is 0 Å². The van der Waals surface area contributed by atoms with Crippen molar-refractivity contribution in [3.8, 4) is 0 Å². The monoisotopic (exact) mass is 368 g/mol. The van der Waals surface area contributed by atoms with Crippen LogP contribution in [0.1, 0.15) is 20.8 Å². The van der Waals surface area contributed by atoms with Gasteiger partial charge >= 0.3 is 17.9 Å². The standard InChI is InChI=1S/C12H17BrO8/c1-5(15)18-9-8(4-14)21-12(13)11(20-7(3)17)10(9)19-6(2)16/h8-12,14H,4H2,1-3H3/t8-,9-,10+,11-,12+/m1/s1. The van der Waals surface area contributed by atoms with Gasteiger partial charge in [-0.3, -0.25) is 14.4 Å². The zero-order valence-electron chi connectivity index (χ0n) is 11.8. The fraction of sp³-hybridized carbons (Fsp3) is 0.750. The number of rotatable bonds is 4. The second kappa shape index (κ2) is 7.71. The maximum Gasteiger partial charge on any atom is 0.303 e. The molecule has 0 radical (unpaired) electrons. The molecule has 21 heavy (non-hydrogen) atoms. The molecule has 5 atom stereocenters. The molecule has 0 spiro atoms. The number of hydrogen-bond acceptors (Lipinski definition) is 8. The first-order valence-corrected chi connectivity index (χ1v) is 7.09. The van der Waals surface area contributed by atoms with Crippen molar-refractivity contribution in [3.05, 3.63) is 0 Å². The van der Waals surface area contributed by atoms with Crippen LogP contribution in [0.15, 0.2) is 0 Å². The lowest BCUT2D eigenvalue weighted by Crippen LogP contribution is -2.60. The first-order valence-electron chi connectivity index (χ1n) is 6.18. The number of carbonyl (C=O) groups excluding carboxylic acids is 3. The van der Waals surface area contributed by atoms with Crippen molar-refractivity contribution >= 4 is 33.8 Å². The summed E-state index contributed by atoms with van der Waals surface area (Å²) in [6.45, 7) is 3.05. The Labute approximate surface area is 129 Å². The van der Waals surface area contributed by atoms with Gasteiger partial charge in [-0.05, 0) is 0 Å². The Kier molecular flexibility index (Phi) is 6.56. The second-order valence-corrected chi connectivity index (χ2v) is 5.33. The van der Waals surface area contributed by atoms with Gasteiger partial charge in [-0.25, -0.2) is 0 Å². The molecule has 1 rings (SSSR count). The van der Waals surface area contributed by atoms with Gasteiger partial charge in [-0.2, -0.15) is 0 Å². The number of aliphatic hydroxyl groups is 1. The van der Waals surface area contributed by atoms with Gasteiger partial charge < -0.3 is 24.1 Å². The summed E-state index contributed by atoms with van der Waals surface area (Å²) >= 11 is 3.15. The lowest BCUT2D eigenvalue weighted by Gasteiger charge is -2.42. The van der Waals surface area contributed by atoms with E-state index in [4.69, 9.17) is 18.9 Å². The SMILES string of the molecule is CC(=O)O[C@@H]1[C@@H](OC(C)=O)[C@@H](Br)O[C@H](CO)[C@H]1OC(C)=O. The molecule has 0 aliphatic carbocycles. The van der Waals surface area contributed by atoms with E-state index in [1.54, 1.807) is 0 Å². The first-order chi connectivity index (χ1) is 9.76. The highest BCUT2D eigenvalue weighted by Crippen LogP contribution is 2.31. The quantitative estimate of drug-likeness (QED) is 0.416. The number of hydrogen-bond donors (Lipinski definition) is 1. The lowest BCUT2D eigenvalue weighted by molar-refractivity contribution is -0.235. The Hall–Kier alpha value is -1.19. The van der Waals surface area contributed by atoms with Crippen LogP contribution in [0.5, 0.6) is 0 Å². The molecule has 1 fully saturated rings. The summed E-state index contributed by atoms with van der Waals surface area (Å²) in [5, 5.41) is 8.50. The first kappa shape index (κ1) is 17.9. The molecule has 1 aliphatic rings. The molecule has 1 heterocycles. The maximum absolute atomic E-state index is 11.3. The molecule has 0 aromatic rings. The Balaban J connectivity index is 3.08. The molecule has 0 bridgehead atoms. The van der Waals surface area contributed by atoms with Gasteiger partial charge in [0.05, 0.1) is 6.61 Å². The molecule has 8 nitrogen and oxygen atoms in total. The van der Waals surface area contributed by atoms with E-state index in [2.05, 4.69) is 15.9 Å². The summed E-state index contributed by atoms with van der Waals surface area (Å²) in [5.74, 6) is -1.91. The normalized spacial score (nSPS) is 32.1. The van der Waals surface area contributed by atoms with Gasteiger partial charge in [0.2, 0.25) is 0 Å². The second-order valence-electron chi connectivity index (χ2n) is 4.43. The number of esters is 3. The smallest absolute Gasteiger partial charge is 0.303 e. The highest BCUT2D eigenvalue weighted by Gasteiger charge is 2.50. The summed E-state index contributed by atoms with van der Waals surface area (Å²) in [6.07, 6.45) is -4.12. The van der Waals surface area contributed by atoms with Crippen molar-refractivity contribution in [3.63, 3.8) is 0 Å². The third-order valence-electron chi connectivity index (χ3n) is 2.66. The zero-order valence-corrected chi connectivity index (χ0v) is 13.4. The Morgan fingerprint density at radius 3 is 1.81 bits per heavy atom. The van der Waals surface area contributed by atoms with Crippen LogP contribution < -0.4 is 0 Å². The fourth-order valence-electron chi connectivity index (χ4n) is 1.99. The van der Waals surface area contributed by atoms with Crippen LogP contribution in [-0.2, 0) is 33.3 Å². The van der Waals surface area contributed by atoms with Crippen LogP contribution in [0.4, 0.5) is 0 Å². The van der Waals surface area contributed by atoms with Crippen LogP contribution in [-0.4, -0.2) is 59.1 Å². The molecule has 0 aromatic heterocycles. The lowest BCUT2D eigenvalue weighted by atomic mass is 9.99. The Morgan fingerprint density at radius 2 is 1.38 bits per heavy atom. The number of alkyl halides is 1. The van der Waals surface area contributed by atoms with Crippen molar-refractivity contribution < 1.29 is 38.4 Å². The molecule has 0 amide bonds. The molecule has 120 valence electrons. The summed E-state index contributed by atoms with van der Waals surface area (Å²) in [4.78, 5) is 33.6. The van der Waals surface area contributed by atoms with Crippen molar-refractivity contribution in [2.24, 2.45) is 0 Å².